The van der Waals surface area contributed by atoms with Crippen LogP contribution < -0.4 is 5.32 Å². The predicted octanol–water partition coefficient (Wildman–Crippen LogP) is 1.88. The van der Waals surface area contributed by atoms with E-state index in [1.807, 2.05) is 0 Å². The average Bonchev–Trinajstić information content (AvgIpc) is 3.19. The van der Waals surface area contributed by atoms with Gasteiger partial charge in [-0.1, -0.05) is 6.92 Å². The fraction of sp³-hybridized carbons (Fsp3) is 1.00. The Morgan fingerprint density at radius 2 is 2.12 bits per heavy atom. The molecule has 0 aromatic carbocycles. The topological polar surface area (TPSA) is 24.5 Å². The van der Waals surface area contributed by atoms with E-state index in [1.54, 1.807) is 0 Å². The number of piperidine rings is 1. The molecule has 0 amide bonds. The van der Waals surface area contributed by atoms with Gasteiger partial charge < -0.3 is 10.1 Å². The van der Waals surface area contributed by atoms with Crippen LogP contribution in [0.4, 0.5) is 0 Å². The molecule has 1 aliphatic carbocycles. The van der Waals surface area contributed by atoms with Gasteiger partial charge in [-0.05, 0) is 51.1 Å². The molecular formula is C14H28N2O. The highest BCUT2D eigenvalue weighted by atomic mass is 16.5. The van der Waals surface area contributed by atoms with Crippen LogP contribution in [0.2, 0.25) is 0 Å². The van der Waals surface area contributed by atoms with Crippen LogP contribution >= 0.6 is 0 Å². The molecular weight excluding hydrogens is 212 g/mol. The Morgan fingerprint density at radius 3 is 2.76 bits per heavy atom. The smallest absolute Gasteiger partial charge is 0.0593 e. The van der Waals surface area contributed by atoms with Gasteiger partial charge in [0.2, 0.25) is 0 Å². The Morgan fingerprint density at radius 1 is 1.24 bits per heavy atom. The Kier molecular flexibility index (Phi) is 5.75. The van der Waals surface area contributed by atoms with E-state index in [-0.39, 0.29) is 0 Å². The highest BCUT2D eigenvalue weighted by Gasteiger charge is 2.30. The van der Waals surface area contributed by atoms with Gasteiger partial charge in [-0.3, -0.25) is 4.90 Å². The maximum atomic E-state index is 5.62. The Labute approximate surface area is 106 Å². The van der Waals surface area contributed by atoms with Gasteiger partial charge >= 0.3 is 0 Å². The molecule has 1 unspecified atom stereocenters. The number of hydrogen-bond donors (Lipinski definition) is 1. The lowest BCUT2D eigenvalue weighted by Gasteiger charge is -2.30. The van der Waals surface area contributed by atoms with Gasteiger partial charge in [0.1, 0.15) is 0 Å². The number of rotatable bonds is 8. The van der Waals surface area contributed by atoms with Gasteiger partial charge in [0.05, 0.1) is 6.61 Å². The van der Waals surface area contributed by atoms with Crippen LogP contribution in [0.5, 0.6) is 0 Å². The standard InChI is InChI=1S/C14H28N2O/c1-2-9-17-10-8-16(14-5-6-14)12-13-4-3-7-15-11-13/h13-15H,2-12H2,1H3. The van der Waals surface area contributed by atoms with Gasteiger partial charge in [-0.2, -0.15) is 0 Å². The van der Waals surface area contributed by atoms with Crippen LogP contribution in [0.1, 0.15) is 39.0 Å². The van der Waals surface area contributed by atoms with Gasteiger partial charge in [0, 0.05) is 25.7 Å². The largest absolute Gasteiger partial charge is 0.380 e. The third kappa shape index (κ3) is 4.94. The monoisotopic (exact) mass is 240 g/mol. The van der Waals surface area contributed by atoms with Crippen molar-refractivity contribution in [3.05, 3.63) is 0 Å². The molecule has 0 aromatic rings. The first-order valence-corrected chi connectivity index (χ1v) is 7.42. The molecule has 0 bridgehead atoms. The van der Waals surface area contributed by atoms with Crippen molar-refractivity contribution >= 4 is 0 Å². The van der Waals surface area contributed by atoms with Gasteiger partial charge in [0.25, 0.3) is 0 Å². The number of hydrogen-bond acceptors (Lipinski definition) is 3. The maximum Gasteiger partial charge on any atom is 0.0593 e. The summed E-state index contributed by atoms with van der Waals surface area (Å²) in [5, 5.41) is 3.52. The molecule has 2 fully saturated rings. The normalized spacial score (nSPS) is 25.4. The van der Waals surface area contributed by atoms with Crippen LogP contribution in [0, 0.1) is 5.92 Å². The van der Waals surface area contributed by atoms with Gasteiger partial charge in [0.15, 0.2) is 0 Å². The van der Waals surface area contributed by atoms with E-state index in [1.165, 1.54) is 45.3 Å². The van der Waals surface area contributed by atoms with E-state index in [9.17, 15) is 0 Å². The van der Waals surface area contributed by atoms with E-state index < -0.39 is 0 Å². The van der Waals surface area contributed by atoms with E-state index in [4.69, 9.17) is 4.74 Å². The zero-order chi connectivity index (χ0) is 11.9. The molecule has 1 saturated carbocycles. The molecule has 3 nitrogen and oxygen atoms in total. The van der Waals surface area contributed by atoms with Crippen molar-refractivity contribution in [2.24, 2.45) is 5.92 Å². The lowest BCUT2D eigenvalue weighted by Crippen LogP contribution is -2.40. The quantitative estimate of drug-likeness (QED) is 0.656. The summed E-state index contributed by atoms with van der Waals surface area (Å²) in [5.41, 5.74) is 0. The van der Waals surface area contributed by atoms with Crippen molar-refractivity contribution in [1.82, 2.24) is 10.2 Å². The van der Waals surface area contributed by atoms with Crippen molar-refractivity contribution in [3.8, 4) is 0 Å². The molecule has 0 spiro atoms. The molecule has 3 heteroatoms. The van der Waals surface area contributed by atoms with Crippen molar-refractivity contribution in [2.75, 3.05) is 39.4 Å². The summed E-state index contributed by atoms with van der Waals surface area (Å²) in [4.78, 5) is 2.67. The number of nitrogens with zero attached hydrogens (tertiary/aromatic N) is 1. The third-order valence-electron chi connectivity index (χ3n) is 3.83. The zero-order valence-corrected chi connectivity index (χ0v) is 11.3. The Balaban J connectivity index is 1.65. The van der Waals surface area contributed by atoms with Crippen LogP contribution in [0.15, 0.2) is 0 Å². The number of nitrogens with one attached hydrogen (secondary N) is 1. The fourth-order valence-electron chi connectivity index (χ4n) is 2.70. The second-order valence-corrected chi connectivity index (χ2v) is 5.55. The Bertz CT molecular complexity index is 200. The predicted molar refractivity (Wildman–Crippen MR) is 71.3 cm³/mol. The summed E-state index contributed by atoms with van der Waals surface area (Å²) < 4.78 is 5.62. The van der Waals surface area contributed by atoms with Crippen molar-refractivity contribution in [2.45, 2.75) is 45.1 Å². The first kappa shape index (κ1) is 13.3. The highest BCUT2D eigenvalue weighted by molar-refractivity contribution is 4.86. The first-order chi connectivity index (χ1) is 8.40. The van der Waals surface area contributed by atoms with Crippen LogP contribution in [-0.4, -0.2) is 50.3 Å². The molecule has 0 radical (unpaired) electrons. The number of ether oxygens (including phenoxy) is 1. The summed E-state index contributed by atoms with van der Waals surface area (Å²) >= 11 is 0. The van der Waals surface area contributed by atoms with E-state index in [0.717, 1.165) is 38.1 Å². The van der Waals surface area contributed by atoms with Crippen molar-refractivity contribution in [3.63, 3.8) is 0 Å². The van der Waals surface area contributed by atoms with Gasteiger partial charge in [-0.15, -0.1) is 0 Å². The summed E-state index contributed by atoms with van der Waals surface area (Å²) in [7, 11) is 0. The Hall–Kier alpha value is -0.120. The van der Waals surface area contributed by atoms with Crippen LogP contribution in [-0.2, 0) is 4.74 Å². The molecule has 1 N–H and O–H groups in total. The van der Waals surface area contributed by atoms with Crippen molar-refractivity contribution in [1.29, 1.82) is 0 Å². The molecule has 2 rings (SSSR count). The average molecular weight is 240 g/mol. The lowest BCUT2D eigenvalue weighted by atomic mass is 9.99. The van der Waals surface area contributed by atoms with Crippen LogP contribution in [0.25, 0.3) is 0 Å². The molecule has 100 valence electrons. The maximum absolute atomic E-state index is 5.62. The molecule has 1 aliphatic heterocycles. The van der Waals surface area contributed by atoms with Crippen molar-refractivity contribution < 1.29 is 4.74 Å². The molecule has 1 atom stereocenters. The fourth-order valence-corrected chi connectivity index (χ4v) is 2.70. The SMILES string of the molecule is CCCOCCN(CC1CCCNC1)C1CC1. The summed E-state index contributed by atoms with van der Waals surface area (Å²) in [6.45, 7) is 8.88. The zero-order valence-electron chi connectivity index (χ0n) is 11.3. The highest BCUT2D eigenvalue weighted by Crippen LogP contribution is 2.28. The van der Waals surface area contributed by atoms with E-state index in [2.05, 4.69) is 17.1 Å². The lowest BCUT2D eigenvalue weighted by molar-refractivity contribution is 0.0922. The van der Waals surface area contributed by atoms with E-state index in [0.29, 0.717) is 0 Å². The summed E-state index contributed by atoms with van der Waals surface area (Å²) in [6.07, 6.45) is 6.72. The van der Waals surface area contributed by atoms with Gasteiger partial charge in [-0.25, -0.2) is 0 Å². The third-order valence-corrected chi connectivity index (χ3v) is 3.83. The molecule has 1 heterocycles. The molecule has 2 aliphatic rings. The summed E-state index contributed by atoms with van der Waals surface area (Å²) in [5.74, 6) is 0.871. The minimum atomic E-state index is 0.871. The molecule has 1 saturated heterocycles. The second kappa shape index (κ2) is 7.34. The van der Waals surface area contributed by atoms with Crippen LogP contribution in [0.3, 0.4) is 0 Å². The molecule has 0 aromatic heterocycles. The minimum absolute atomic E-state index is 0.871. The molecule has 17 heavy (non-hydrogen) atoms. The first-order valence-electron chi connectivity index (χ1n) is 7.42. The second-order valence-electron chi connectivity index (χ2n) is 5.55. The minimum Gasteiger partial charge on any atom is -0.380 e. The summed E-state index contributed by atoms with van der Waals surface area (Å²) in [6, 6.07) is 0.877. The van der Waals surface area contributed by atoms with E-state index >= 15 is 0 Å².